The zero-order chi connectivity index (χ0) is 20.1. The minimum Gasteiger partial charge on any atom is -0.453 e. The molecule has 0 aromatic heterocycles. The second-order valence-electron chi connectivity index (χ2n) is 5.34. The second kappa shape index (κ2) is 7.91. The van der Waals surface area contributed by atoms with Crippen LogP contribution in [0, 0.1) is 20.2 Å². The first-order chi connectivity index (χ1) is 12.7. The van der Waals surface area contributed by atoms with Gasteiger partial charge in [-0.1, -0.05) is 0 Å². The molecule has 0 atom stereocenters. The number of ether oxygens (including phenoxy) is 1. The van der Waals surface area contributed by atoms with E-state index >= 15 is 0 Å². The lowest BCUT2D eigenvalue weighted by Gasteiger charge is -2.14. The van der Waals surface area contributed by atoms with Crippen LogP contribution in [-0.2, 0) is 9.59 Å². The van der Waals surface area contributed by atoms with E-state index < -0.39 is 21.7 Å². The highest BCUT2D eigenvalue weighted by Crippen LogP contribution is 2.37. The number of hydrogen-bond donors (Lipinski definition) is 2. The van der Waals surface area contributed by atoms with Crippen molar-refractivity contribution in [3.05, 3.63) is 56.6 Å². The van der Waals surface area contributed by atoms with Gasteiger partial charge in [0.15, 0.2) is 11.5 Å². The first-order valence-electron chi connectivity index (χ1n) is 7.47. The summed E-state index contributed by atoms with van der Waals surface area (Å²) < 4.78 is 5.64. The van der Waals surface area contributed by atoms with Crippen LogP contribution in [0.25, 0.3) is 0 Å². The van der Waals surface area contributed by atoms with Crippen LogP contribution in [0.1, 0.15) is 13.8 Å². The van der Waals surface area contributed by atoms with Gasteiger partial charge in [-0.25, -0.2) is 0 Å². The van der Waals surface area contributed by atoms with Crippen molar-refractivity contribution in [2.24, 2.45) is 0 Å². The number of nitro groups is 2. The molecule has 0 unspecified atom stereocenters. The predicted octanol–water partition coefficient (Wildman–Crippen LogP) is 3.21. The molecular formula is C16H14N4O7. The van der Waals surface area contributed by atoms with E-state index in [0.717, 1.165) is 12.1 Å². The fourth-order valence-corrected chi connectivity index (χ4v) is 2.13. The number of carbonyl (C=O) groups is 2. The van der Waals surface area contributed by atoms with Gasteiger partial charge in [-0.3, -0.25) is 29.8 Å². The minimum atomic E-state index is -0.635. The summed E-state index contributed by atoms with van der Waals surface area (Å²) in [5.74, 6) is -0.857. The lowest BCUT2D eigenvalue weighted by atomic mass is 10.2. The molecule has 0 aliphatic rings. The summed E-state index contributed by atoms with van der Waals surface area (Å²) in [6, 6.07) is 7.10. The molecule has 0 aliphatic heterocycles. The fourth-order valence-electron chi connectivity index (χ4n) is 2.13. The van der Waals surface area contributed by atoms with Crippen molar-refractivity contribution in [1.82, 2.24) is 0 Å². The van der Waals surface area contributed by atoms with E-state index in [2.05, 4.69) is 10.6 Å². The molecule has 0 spiro atoms. The molecule has 27 heavy (non-hydrogen) atoms. The van der Waals surface area contributed by atoms with Crippen LogP contribution < -0.4 is 15.4 Å². The third-order valence-corrected chi connectivity index (χ3v) is 3.19. The first-order valence-corrected chi connectivity index (χ1v) is 7.47. The van der Waals surface area contributed by atoms with Crippen molar-refractivity contribution in [3.8, 4) is 11.5 Å². The summed E-state index contributed by atoms with van der Waals surface area (Å²) in [5.41, 5.74) is -0.471. The van der Waals surface area contributed by atoms with Gasteiger partial charge in [-0.05, 0) is 12.1 Å². The lowest BCUT2D eigenvalue weighted by molar-refractivity contribution is -0.385. The normalized spacial score (nSPS) is 10.0. The second-order valence-corrected chi connectivity index (χ2v) is 5.34. The standard InChI is InChI=1S/C16H14N4O7/c1-9(21)17-13-7-11(19(23)24)3-5-15(13)27-16-6-4-12(20(25)26)8-14(16)18-10(2)22/h3-8H,1-2H3,(H,17,21)(H,18,22). The molecule has 2 N–H and O–H groups in total. The molecule has 0 saturated carbocycles. The Morgan fingerprint density at radius 3 is 1.48 bits per heavy atom. The molecule has 11 nitrogen and oxygen atoms in total. The number of hydrogen-bond acceptors (Lipinski definition) is 7. The van der Waals surface area contributed by atoms with Crippen LogP contribution in [0.5, 0.6) is 11.5 Å². The van der Waals surface area contributed by atoms with Gasteiger partial charge in [0.1, 0.15) is 0 Å². The Balaban J connectivity index is 2.48. The molecule has 2 amide bonds. The Morgan fingerprint density at radius 1 is 0.815 bits per heavy atom. The van der Waals surface area contributed by atoms with Gasteiger partial charge in [0.2, 0.25) is 11.8 Å². The van der Waals surface area contributed by atoms with Crippen LogP contribution >= 0.6 is 0 Å². The number of nitro benzene ring substituents is 2. The average Bonchev–Trinajstić information content (AvgIpc) is 2.56. The number of carbonyl (C=O) groups excluding carboxylic acids is 2. The molecule has 0 aliphatic carbocycles. The van der Waals surface area contributed by atoms with Gasteiger partial charge >= 0.3 is 0 Å². The van der Waals surface area contributed by atoms with Crippen molar-refractivity contribution in [2.75, 3.05) is 10.6 Å². The summed E-state index contributed by atoms with van der Waals surface area (Å²) in [6.07, 6.45) is 0. The van der Waals surface area contributed by atoms with Crippen molar-refractivity contribution in [1.29, 1.82) is 0 Å². The van der Waals surface area contributed by atoms with Crippen LogP contribution in [0.4, 0.5) is 22.7 Å². The summed E-state index contributed by atoms with van der Waals surface area (Å²) in [7, 11) is 0. The number of non-ortho nitro benzene ring substituents is 2. The van der Waals surface area contributed by atoms with Crippen LogP contribution in [0.2, 0.25) is 0 Å². The molecule has 2 aromatic rings. The van der Waals surface area contributed by atoms with Crippen molar-refractivity contribution in [3.63, 3.8) is 0 Å². The fraction of sp³-hybridized carbons (Fsp3) is 0.125. The number of amides is 2. The van der Waals surface area contributed by atoms with Crippen LogP contribution in [0.15, 0.2) is 36.4 Å². The van der Waals surface area contributed by atoms with Gasteiger partial charge in [0.25, 0.3) is 11.4 Å². The number of nitrogens with zero attached hydrogens (tertiary/aromatic N) is 2. The number of anilines is 2. The molecule has 0 fully saturated rings. The Hall–Kier alpha value is -4.02. The topological polar surface area (TPSA) is 154 Å². The molecule has 140 valence electrons. The van der Waals surface area contributed by atoms with E-state index in [9.17, 15) is 29.8 Å². The third kappa shape index (κ3) is 4.98. The molecule has 0 radical (unpaired) electrons. The molecule has 0 saturated heterocycles. The maximum absolute atomic E-state index is 11.4. The zero-order valence-electron chi connectivity index (χ0n) is 14.2. The minimum absolute atomic E-state index is 0.0313. The number of benzene rings is 2. The van der Waals surface area contributed by atoms with Gasteiger partial charge < -0.3 is 15.4 Å². The predicted molar refractivity (Wildman–Crippen MR) is 94.9 cm³/mol. The quantitative estimate of drug-likeness (QED) is 0.581. The number of rotatable bonds is 6. The Bertz CT molecular complexity index is 867. The Morgan fingerprint density at radius 2 is 1.19 bits per heavy atom. The number of nitrogens with one attached hydrogen (secondary N) is 2. The smallest absolute Gasteiger partial charge is 0.271 e. The summed E-state index contributed by atoms with van der Waals surface area (Å²) in [6.45, 7) is 2.44. The van der Waals surface area contributed by atoms with Crippen LogP contribution in [-0.4, -0.2) is 21.7 Å². The van der Waals surface area contributed by atoms with Crippen molar-refractivity contribution < 1.29 is 24.2 Å². The average molecular weight is 374 g/mol. The molecular weight excluding hydrogens is 360 g/mol. The lowest BCUT2D eigenvalue weighted by Crippen LogP contribution is -2.09. The molecule has 11 heteroatoms. The third-order valence-electron chi connectivity index (χ3n) is 3.19. The molecule has 0 heterocycles. The van der Waals surface area contributed by atoms with E-state index in [0.29, 0.717) is 0 Å². The monoisotopic (exact) mass is 374 g/mol. The highest BCUT2D eigenvalue weighted by molar-refractivity contribution is 5.92. The van der Waals surface area contributed by atoms with Gasteiger partial charge in [-0.15, -0.1) is 0 Å². The maximum Gasteiger partial charge on any atom is 0.271 e. The summed E-state index contributed by atoms with van der Waals surface area (Å²) >= 11 is 0. The summed E-state index contributed by atoms with van der Waals surface area (Å²) in [4.78, 5) is 43.3. The van der Waals surface area contributed by atoms with Gasteiger partial charge in [0, 0.05) is 38.1 Å². The largest absolute Gasteiger partial charge is 0.453 e. The zero-order valence-corrected chi connectivity index (χ0v) is 14.2. The highest BCUT2D eigenvalue weighted by Gasteiger charge is 2.17. The SMILES string of the molecule is CC(=O)Nc1cc([N+](=O)[O-])ccc1Oc1ccc([N+](=O)[O-])cc1NC(C)=O. The molecule has 0 bridgehead atoms. The highest BCUT2D eigenvalue weighted by atomic mass is 16.6. The summed E-state index contributed by atoms with van der Waals surface area (Å²) in [5, 5.41) is 26.7. The van der Waals surface area contributed by atoms with Crippen molar-refractivity contribution in [2.45, 2.75) is 13.8 Å². The first kappa shape index (κ1) is 19.3. The van der Waals surface area contributed by atoms with E-state index in [4.69, 9.17) is 4.74 Å². The van der Waals surface area contributed by atoms with E-state index in [1.54, 1.807) is 0 Å². The van der Waals surface area contributed by atoms with E-state index in [-0.39, 0.29) is 34.2 Å². The maximum atomic E-state index is 11.4. The van der Waals surface area contributed by atoms with E-state index in [1.807, 2.05) is 0 Å². The molecule has 2 rings (SSSR count). The van der Waals surface area contributed by atoms with Crippen LogP contribution in [0.3, 0.4) is 0 Å². The van der Waals surface area contributed by atoms with Crippen molar-refractivity contribution >= 4 is 34.6 Å². The molecule has 2 aromatic carbocycles. The Labute approximate surface area is 152 Å². The Kier molecular flexibility index (Phi) is 5.65. The van der Waals surface area contributed by atoms with E-state index in [1.165, 1.54) is 38.1 Å². The van der Waals surface area contributed by atoms with Gasteiger partial charge in [-0.2, -0.15) is 0 Å². The van der Waals surface area contributed by atoms with Gasteiger partial charge in [0.05, 0.1) is 21.2 Å².